The molecule has 2 saturated carbocycles. The first-order chi connectivity index (χ1) is 10.1. The average molecular weight is 418 g/mol. The van der Waals surface area contributed by atoms with Gasteiger partial charge in [0.1, 0.15) is 11.5 Å². The molecule has 0 amide bonds. The van der Waals surface area contributed by atoms with Crippen molar-refractivity contribution < 1.29 is 9.47 Å². The van der Waals surface area contributed by atoms with Crippen LogP contribution in [0.1, 0.15) is 42.5 Å². The van der Waals surface area contributed by atoms with Gasteiger partial charge in [0.25, 0.3) is 0 Å². The van der Waals surface area contributed by atoms with Crippen LogP contribution < -0.4 is 9.47 Å². The van der Waals surface area contributed by atoms with Crippen LogP contribution in [0.4, 0.5) is 0 Å². The van der Waals surface area contributed by atoms with Crippen LogP contribution in [0, 0.1) is 17.8 Å². The van der Waals surface area contributed by atoms with Crippen molar-refractivity contribution in [2.75, 3.05) is 14.2 Å². The number of fused-ring (bicyclic) bond motifs is 2. The minimum atomic E-state index is 0.332. The van der Waals surface area contributed by atoms with Crippen molar-refractivity contribution in [1.82, 2.24) is 0 Å². The van der Waals surface area contributed by atoms with Crippen molar-refractivity contribution in [2.45, 2.75) is 36.9 Å². The summed E-state index contributed by atoms with van der Waals surface area (Å²) in [5.41, 5.74) is 1.19. The predicted molar refractivity (Wildman–Crippen MR) is 92.5 cm³/mol. The van der Waals surface area contributed by atoms with Crippen LogP contribution in [0.3, 0.4) is 0 Å². The maximum absolute atomic E-state index is 5.56. The zero-order valence-electron chi connectivity index (χ0n) is 12.6. The molecule has 2 aliphatic carbocycles. The second-order valence-corrected chi connectivity index (χ2v) is 8.33. The topological polar surface area (TPSA) is 18.5 Å². The van der Waals surface area contributed by atoms with Gasteiger partial charge in [-0.15, -0.1) is 0 Å². The lowest BCUT2D eigenvalue weighted by atomic mass is 9.84. The second-order valence-electron chi connectivity index (χ2n) is 6.37. The molecule has 0 saturated heterocycles. The molecule has 0 heterocycles. The fraction of sp³-hybridized carbons (Fsp3) is 0.647. The molecule has 2 nitrogen and oxygen atoms in total. The van der Waals surface area contributed by atoms with Gasteiger partial charge in [-0.2, -0.15) is 0 Å². The van der Waals surface area contributed by atoms with Gasteiger partial charge in [0.15, 0.2) is 0 Å². The van der Waals surface area contributed by atoms with Crippen molar-refractivity contribution >= 4 is 31.9 Å². The summed E-state index contributed by atoms with van der Waals surface area (Å²) in [5, 5.41) is 0. The molecule has 0 radical (unpaired) electrons. The molecule has 1 aromatic carbocycles. The Labute approximate surface area is 143 Å². The highest BCUT2D eigenvalue weighted by atomic mass is 79.9. The number of rotatable bonds is 5. The van der Waals surface area contributed by atoms with Crippen LogP contribution >= 0.6 is 31.9 Å². The Kier molecular flexibility index (Phi) is 4.84. The third-order valence-corrected chi connectivity index (χ3v) is 6.72. The van der Waals surface area contributed by atoms with Crippen molar-refractivity contribution in [3.8, 4) is 11.5 Å². The van der Waals surface area contributed by atoms with E-state index in [1.54, 1.807) is 14.2 Å². The number of benzene rings is 1. The molecule has 4 unspecified atom stereocenters. The molecule has 2 aliphatic rings. The SMILES string of the molecule is COc1cc(C(Br)CC2CC3CCC2C3)c(OC)cc1Br. The van der Waals surface area contributed by atoms with Crippen molar-refractivity contribution in [3.05, 3.63) is 22.2 Å². The van der Waals surface area contributed by atoms with Crippen LogP contribution in [0.25, 0.3) is 0 Å². The van der Waals surface area contributed by atoms with Gasteiger partial charge in [-0.05, 0) is 71.5 Å². The standard InChI is InChI=1S/C17H22Br2O2/c1-20-16-9-15(19)17(21-2)8-13(16)14(18)7-12-6-10-3-4-11(12)5-10/h8-12,14H,3-7H2,1-2H3. The first kappa shape index (κ1) is 15.7. The smallest absolute Gasteiger partial charge is 0.133 e. The number of ether oxygens (including phenoxy) is 2. The summed E-state index contributed by atoms with van der Waals surface area (Å²) in [6, 6.07) is 4.10. The van der Waals surface area contributed by atoms with Gasteiger partial charge < -0.3 is 9.47 Å². The van der Waals surface area contributed by atoms with Gasteiger partial charge in [0.2, 0.25) is 0 Å². The summed E-state index contributed by atoms with van der Waals surface area (Å²) >= 11 is 7.42. The van der Waals surface area contributed by atoms with Gasteiger partial charge >= 0.3 is 0 Å². The lowest BCUT2D eigenvalue weighted by Gasteiger charge is -2.25. The van der Waals surface area contributed by atoms with Crippen LogP contribution in [0.15, 0.2) is 16.6 Å². The molecule has 4 heteroatoms. The summed E-state index contributed by atoms with van der Waals surface area (Å²) in [6.45, 7) is 0. The number of methoxy groups -OCH3 is 2. The van der Waals surface area contributed by atoms with Crippen LogP contribution in [-0.4, -0.2) is 14.2 Å². The lowest BCUT2D eigenvalue weighted by molar-refractivity contribution is 0.312. The first-order valence-corrected chi connectivity index (χ1v) is 9.38. The maximum atomic E-state index is 5.56. The largest absolute Gasteiger partial charge is 0.496 e. The van der Waals surface area contributed by atoms with Crippen LogP contribution in [0.5, 0.6) is 11.5 Å². The molecule has 0 N–H and O–H groups in total. The van der Waals surface area contributed by atoms with Crippen molar-refractivity contribution in [2.24, 2.45) is 17.8 Å². The Morgan fingerprint density at radius 1 is 1.14 bits per heavy atom. The highest BCUT2D eigenvalue weighted by Gasteiger charge is 2.40. The normalized spacial score (nSPS) is 28.7. The number of hydrogen-bond donors (Lipinski definition) is 0. The lowest BCUT2D eigenvalue weighted by Crippen LogP contribution is -2.12. The Balaban J connectivity index is 1.78. The molecule has 2 fully saturated rings. The quantitative estimate of drug-likeness (QED) is 0.569. The van der Waals surface area contributed by atoms with Gasteiger partial charge in [0.05, 0.1) is 18.7 Å². The maximum Gasteiger partial charge on any atom is 0.133 e. The predicted octanol–water partition coefficient (Wildman–Crippen LogP) is 5.73. The first-order valence-electron chi connectivity index (χ1n) is 7.67. The molecular weight excluding hydrogens is 396 g/mol. The van der Waals surface area contributed by atoms with Crippen LogP contribution in [-0.2, 0) is 0 Å². The number of alkyl halides is 1. The third kappa shape index (κ3) is 3.12. The highest BCUT2D eigenvalue weighted by molar-refractivity contribution is 9.10. The summed E-state index contributed by atoms with van der Waals surface area (Å²) < 4.78 is 11.9. The Morgan fingerprint density at radius 2 is 1.90 bits per heavy atom. The second kappa shape index (κ2) is 6.49. The van der Waals surface area contributed by atoms with Crippen LogP contribution in [0.2, 0.25) is 0 Å². The average Bonchev–Trinajstić information content (AvgIpc) is 3.09. The number of halogens is 2. The molecule has 116 valence electrons. The molecule has 21 heavy (non-hydrogen) atoms. The van der Waals surface area contributed by atoms with E-state index in [2.05, 4.69) is 37.9 Å². The summed E-state index contributed by atoms with van der Waals surface area (Å²) in [5.74, 6) is 4.61. The van der Waals surface area contributed by atoms with E-state index in [0.29, 0.717) is 4.83 Å². The van der Waals surface area contributed by atoms with E-state index in [9.17, 15) is 0 Å². The van der Waals surface area contributed by atoms with E-state index in [-0.39, 0.29) is 0 Å². The van der Waals surface area contributed by atoms with Crippen molar-refractivity contribution in [1.29, 1.82) is 0 Å². The molecule has 0 aromatic heterocycles. The fourth-order valence-electron chi connectivity index (χ4n) is 4.19. The Hall–Kier alpha value is -0.220. The molecule has 2 bridgehead atoms. The van der Waals surface area contributed by atoms with Gasteiger partial charge in [-0.3, -0.25) is 0 Å². The Morgan fingerprint density at radius 3 is 2.48 bits per heavy atom. The zero-order chi connectivity index (χ0) is 15.0. The minimum Gasteiger partial charge on any atom is -0.496 e. The van der Waals surface area contributed by atoms with E-state index < -0.39 is 0 Å². The van der Waals surface area contributed by atoms with E-state index in [0.717, 1.165) is 33.7 Å². The van der Waals surface area contributed by atoms with Crippen molar-refractivity contribution in [3.63, 3.8) is 0 Å². The van der Waals surface area contributed by atoms with Gasteiger partial charge in [0, 0.05) is 10.4 Å². The zero-order valence-corrected chi connectivity index (χ0v) is 15.7. The van der Waals surface area contributed by atoms with Gasteiger partial charge in [-0.25, -0.2) is 0 Å². The third-order valence-electron chi connectivity index (χ3n) is 5.24. The molecule has 1 aromatic rings. The summed E-state index contributed by atoms with van der Waals surface area (Å²) in [6.07, 6.45) is 6.98. The number of hydrogen-bond acceptors (Lipinski definition) is 2. The van der Waals surface area contributed by atoms with E-state index in [1.807, 2.05) is 6.07 Å². The molecule has 0 spiro atoms. The van der Waals surface area contributed by atoms with E-state index in [1.165, 1.54) is 37.7 Å². The molecular formula is C17H22Br2O2. The van der Waals surface area contributed by atoms with Gasteiger partial charge in [-0.1, -0.05) is 22.4 Å². The monoisotopic (exact) mass is 416 g/mol. The minimum absolute atomic E-state index is 0.332. The molecule has 4 atom stereocenters. The fourth-order valence-corrected chi connectivity index (χ4v) is 5.51. The van der Waals surface area contributed by atoms with E-state index >= 15 is 0 Å². The Bertz CT molecular complexity index is 518. The summed E-state index contributed by atoms with van der Waals surface area (Å²) in [4.78, 5) is 0.332. The highest BCUT2D eigenvalue weighted by Crippen LogP contribution is 2.53. The summed E-state index contributed by atoms with van der Waals surface area (Å²) in [7, 11) is 3.44. The molecule has 3 rings (SSSR count). The van der Waals surface area contributed by atoms with E-state index in [4.69, 9.17) is 9.47 Å². The molecule has 0 aliphatic heterocycles.